The normalized spacial score (nSPS) is 10.8. The number of rotatable bonds is 4. The fraction of sp³-hybridized carbons (Fsp3) is 0.250. The molecule has 1 heterocycles. The zero-order valence-electron chi connectivity index (χ0n) is 9.56. The Balaban J connectivity index is 2.34. The fourth-order valence-corrected chi connectivity index (χ4v) is 1.90. The molecule has 0 atom stereocenters. The van der Waals surface area contributed by atoms with Gasteiger partial charge in [0.15, 0.2) is 0 Å². The van der Waals surface area contributed by atoms with Crippen molar-refractivity contribution in [2.75, 3.05) is 13.2 Å². The van der Waals surface area contributed by atoms with Crippen LogP contribution in [-0.2, 0) is 6.54 Å². The number of aromatic amines is 1. The van der Waals surface area contributed by atoms with Crippen molar-refractivity contribution in [2.45, 2.75) is 6.54 Å². The van der Waals surface area contributed by atoms with Gasteiger partial charge in [-0.15, -0.1) is 0 Å². The highest BCUT2D eigenvalue weighted by Gasteiger charge is 2.14. The van der Waals surface area contributed by atoms with E-state index in [1.165, 1.54) is 12.1 Å². The number of H-pyrrole nitrogens is 1. The van der Waals surface area contributed by atoms with E-state index in [1.807, 2.05) is 0 Å². The van der Waals surface area contributed by atoms with Crippen LogP contribution in [0.15, 0.2) is 24.4 Å². The summed E-state index contributed by atoms with van der Waals surface area (Å²) in [7, 11) is 0. The van der Waals surface area contributed by atoms with Crippen LogP contribution in [0.4, 0.5) is 9.18 Å². The number of benzene rings is 1. The van der Waals surface area contributed by atoms with Gasteiger partial charge in [-0.3, -0.25) is 0 Å². The zero-order valence-corrected chi connectivity index (χ0v) is 9.56. The van der Waals surface area contributed by atoms with Crippen molar-refractivity contribution in [1.82, 2.24) is 9.88 Å². The topological polar surface area (TPSA) is 76.6 Å². The van der Waals surface area contributed by atoms with Crippen LogP contribution in [0, 0.1) is 5.82 Å². The van der Waals surface area contributed by atoms with Crippen molar-refractivity contribution in [2.24, 2.45) is 0 Å². The molecule has 6 heteroatoms. The van der Waals surface area contributed by atoms with Gasteiger partial charge in [0.2, 0.25) is 0 Å². The van der Waals surface area contributed by atoms with E-state index >= 15 is 0 Å². The molecule has 0 spiro atoms. The summed E-state index contributed by atoms with van der Waals surface area (Å²) in [5.74, 6) is -0.411. The van der Waals surface area contributed by atoms with Crippen molar-refractivity contribution in [3.05, 3.63) is 35.8 Å². The minimum Gasteiger partial charge on any atom is -0.465 e. The Morgan fingerprint density at radius 3 is 2.89 bits per heavy atom. The van der Waals surface area contributed by atoms with E-state index in [9.17, 15) is 9.18 Å². The first-order valence-electron chi connectivity index (χ1n) is 5.46. The first kappa shape index (κ1) is 12.4. The second-order valence-corrected chi connectivity index (χ2v) is 3.93. The Morgan fingerprint density at radius 2 is 2.22 bits per heavy atom. The number of fused-ring (bicyclic) bond motifs is 1. The molecule has 18 heavy (non-hydrogen) atoms. The third-order valence-electron chi connectivity index (χ3n) is 2.71. The summed E-state index contributed by atoms with van der Waals surface area (Å²) in [6.07, 6.45) is 0.526. The van der Waals surface area contributed by atoms with Gasteiger partial charge in [-0.25, -0.2) is 9.18 Å². The number of carbonyl (C=O) groups is 1. The molecule has 0 aliphatic carbocycles. The lowest BCUT2D eigenvalue weighted by Crippen LogP contribution is -2.31. The van der Waals surface area contributed by atoms with Crippen LogP contribution < -0.4 is 0 Å². The molecule has 0 fully saturated rings. The maximum atomic E-state index is 13.4. The minimum atomic E-state index is -1.15. The number of hydrogen-bond donors (Lipinski definition) is 3. The van der Waals surface area contributed by atoms with Crippen LogP contribution in [-0.4, -0.2) is 39.3 Å². The smallest absolute Gasteiger partial charge is 0.407 e. The number of aliphatic hydroxyl groups is 1. The lowest BCUT2D eigenvalue weighted by atomic mass is 10.1. The molecule has 0 saturated carbocycles. The Hall–Kier alpha value is -2.08. The first-order chi connectivity index (χ1) is 8.61. The molecule has 0 radical (unpaired) electrons. The Labute approximate surface area is 102 Å². The zero-order chi connectivity index (χ0) is 13.1. The quantitative estimate of drug-likeness (QED) is 0.776. The van der Waals surface area contributed by atoms with Gasteiger partial charge in [-0.2, -0.15) is 0 Å². The predicted molar refractivity (Wildman–Crippen MR) is 63.8 cm³/mol. The number of nitrogens with one attached hydrogen (secondary N) is 1. The van der Waals surface area contributed by atoms with Gasteiger partial charge in [0.25, 0.3) is 0 Å². The van der Waals surface area contributed by atoms with Crippen LogP contribution in [0.2, 0.25) is 0 Å². The van der Waals surface area contributed by atoms with Gasteiger partial charge in [0.05, 0.1) is 18.7 Å². The molecule has 0 aliphatic heterocycles. The van der Waals surface area contributed by atoms with Crippen molar-refractivity contribution in [3.8, 4) is 0 Å². The molecule has 2 rings (SSSR count). The SMILES string of the molecule is O=C(O)N(CCO)Cc1cc(F)cc2cc[nH]c12. The molecular formula is C12H13FN2O3. The number of amides is 1. The molecule has 1 aromatic heterocycles. The molecule has 3 N–H and O–H groups in total. The maximum absolute atomic E-state index is 13.4. The third kappa shape index (κ3) is 2.43. The Morgan fingerprint density at radius 1 is 1.44 bits per heavy atom. The van der Waals surface area contributed by atoms with Gasteiger partial charge in [-0.1, -0.05) is 0 Å². The molecular weight excluding hydrogens is 239 g/mol. The van der Waals surface area contributed by atoms with E-state index in [2.05, 4.69) is 4.98 Å². The highest BCUT2D eigenvalue weighted by molar-refractivity contribution is 5.83. The summed E-state index contributed by atoms with van der Waals surface area (Å²) in [6, 6.07) is 4.40. The number of nitrogens with zero attached hydrogens (tertiary/aromatic N) is 1. The highest BCUT2D eigenvalue weighted by atomic mass is 19.1. The van der Waals surface area contributed by atoms with Gasteiger partial charge in [0.1, 0.15) is 5.82 Å². The summed E-state index contributed by atoms with van der Waals surface area (Å²) in [4.78, 5) is 15.0. The van der Waals surface area contributed by atoms with E-state index in [4.69, 9.17) is 10.2 Å². The number of aromatic nitrogens is 1. The standard InChI is InChI=1S/C12H13FN2O3/c13-10-5-8-1-2-14-11(8)9(6-10)7-15(3-4-16)12(17)18/h1-2,5-6,14,16H,3-4,7H2,(H,17,18). The van der Waals surface area contributed by atoms with E-state index in [0.29, 0.717) is 16.5 Å². The molecule has 1 amide bonds. The molecule has 0 bridgehead atoms. The fourth-order valence-electron chi connectivity index (χ4n) is 1.90. The molecule has 0 saturated heterocycles. The molecule has 0 aliphatic rings. The monoisotopic (exact) mass is 252 g/mol. The predicted octanol–water partition coefficient (Wildman–Crippen LogP) is 1.78. The van der Waals surface area contributed by atoms with E-state index < -0.39 is 11.9 Å². The average molecular weight is 252 g/mol. The summed E-state index contributed by atoms with van der Waals surface area (Å²) >= 11 is 0. The van der Waals surface area contributed by atoms with Gasteiger partial charge in [-0.05, 0) is 23.8 Å². The van der Waals surface area contributed by atoms with Crippen molar-refractivity contribution in [1.29, 1.82) is 0 Å². The largest absolute Gasteiger partial charge is 0.465 e. The number of carboxylic acid groups (broad SMARTS) is 1. The first-order valence-corrected chi connectivity index (χ1v) is 5.46. The second-order valence-electron chi connectivity index (χ2n) is 3.93. The lowest BCUT2D eigenvalue weighted by molar-refractivity contribution is 0.129. The van der Waals surface area contributed by atoms with Crippen LogP contribution in [0.1, 0.15) is 5.56 Å². The van der Waals surface area contributed by atoms with Crippen LogP contribution in [0.5, 0.6) is 0 Å². The van der Waals surface area contributed by atoms with E-state index in [1.54, 1.807) is 12.3 Å². The highest BCUT2D eigenvalue weighted by Crippen LogP contribution is 2.20. The van der Waals surface area contributed by atoms with Crippen molar-refractivity contribution in [3.63, 3.8) is 0 Å². The van der Waals surface area contributed by atoms with E-state index in [-0.39, 0.29) is 19.7 Å². The minimum absolute atomic E-state index is 0.00590. The number of aliphatic hydroxyl groups excluding tert-OH is 1. The number of hydrogen-bond acceptors (Lipinski definition) is 2. The molecule has 0 unspecified atom stereocenters. The molecule has 1 aromatic carbocycles. The summed E-state index contributed by atoms with van der Waals surface area (Å²) in [5, 5.41) is 18.5. The Bertz CT molecular complexity index is 567. The van der Waals surface area contributed by atoms with Gasteiger partial charge >= 0.3 is 6.09 Å². The van der Waals surface area contributed by atoms with Crippen molar-refractivity contribution < 1.29 is 19.4 Å². The average Bonchev–Trinajstić information content (AvgIpc) is 2.76. The van der Waals surface area contributed by atoms with Crippen LogP contribution in [0.3, 0.4) is 0 Å². The third-order valence-corrected chi connectivity index (χ3v) is 2.71. The second kappa shape index (κ2) is 5.05. The molecule has 96 valence electrons. The maximum Gasteiger partial charge on any atom is 0.407 e. The van der Waals surface area contributed by atoms with Crippen LogP contribution >= 0.6 is 0 Å². The summed E-state index contributed by atoms with van der Waals surface area (Å²) in [5.41, 5.74) is 1.26. The van der Waals surface area contributed by atoms with Crippen molar-refractivity contribution >= 4 is 17.0 Å². The summed E-state index contributed by atoms with van der Waals surface area (Å²) < 4.78 is 13.4. The number of halogens is 1. The van der Waals surface area contributed by atoms with Gasteiger partial charge < -0.3 is 20.1 Å². The summed E-state index contributed by atoms with van der Waals surface area (Å²) in [6.45, 7) is -0.242. The lowest BCUT2D eigenvalue weighted by Gasteiger charge is -2.18. The molecule has 5 nitrogen and oxygen atoms in total. The van der Waals surface area contributed by atoms with Gasteiger partial charge in [0, 0.05) is 18.1 Å². The molecule has 2 aromatic rings. The Kier molecular flexibility index (Phi) is 3.47. The van der Waals surface area contributed by atoms with E-state index in [0.717, 1.165) is 4.90 Å². The van der Waals surface area contributed by atoms with Crippen LogP contribution in [0.25, 0.3) is 10.9 Å².